The van der Waals surface area contributed by atoms with E-state index in [9.17, 15) is 0 Å². The van der Waals surface area contributed by atoms with E-state index in [-0.39, 0.29) is 0 Å². The zero-order valence-electron chi connectivity index (χ0n) is 4.65. The Bertz CT molecular complexity index is 39.1. The van der Waals surface area contributed by atoms with Crippen LogP contribution in [0.5, 0.6) is 0 Å². The molecule has 0 bridgehead atoms. The van der Waals surface area contributed by atoms with Crippen molar-refractivity contribution in [2.45, 2.75) is 25.8 Å². The summed E-state index contributed by atoms with van der Waals surface area (Å²) in [5.74, 6) is 0. The van der Waals surface area contributed by atoms with Gasteiger partial charge >= 0.3 is 0 Å². The van der Waals surface area contributed by atoms with E-state index in [1.807, 2.05) is 0 Å². The van der Waals surface area contributed by atoms with Gasteiger partial charge in [-0.05, 0) is 12.8 Å². The van der Waals surface area contributed by atoms with Crippen LogP contribution in [0.3, 0.4) is 0 Å². The molecule has 0 aliphatic carbocycles. The topological polar surface area (TPSA) is 26.0 Å². The van der Waals surface area contributed by atoms with E-state index in [2.05, 4.69) is 29.5 Å². The fourth-order valence-electron chi connectivity index (χ4n) is 0.344. The van der Waals surface area contributed by atoms with Gasteiger partial charge in [-0.2, -0.15) is 0 Å². The number of hydrogen-bond acceptors (Lipinski definition) is 1. The highest BCUT2D eigenvalue weighted by Crippen LogP contribution is 1.95. The molecular weight excluding hydrogens is 201 g/mol. The number of rotatable bonds is 3. The van der Waals surface area contributed by atoms with Crippen LogP contribution >= 0.6 is 22.6 Å². The Morgan fingerprint density at radius 1 is 1.71 bits per heavy atom. The summed E-state index contributed by atoms with van der Waals surface area (Å²) in [4.78, 5) is 0. The first-order chi connectivity index (χ1) is 3.31. The van der Waals surface area contributed by atoms with Gasteiger partial charge in [0.25, 0.3) is 0 Å². The maximum Gasteiger partial charge on any atom is 0.00435 e. The van der Waals surface area contributed by atoms with Crippen molar-refractivity contribution >= 4 is 22.6 Å². The Kier molecular flexibility index (Phi) is 5.32. The molecule has 1 nitrogen and oxygen atoms in total. The number of halogens is 1. The van der Waals surface area contributed by atoms with E-state index in [4.69, 9.17) is 5.73 Å². The molecular formula is C5H12IN. The lowest BCUT2D eigenvalue weighted by atomic mass is 10.2. The number of nitrogens with two attached hydrogens (primary N) is 1. The van der Waals surface area contributed by atoms with Crippen LogP contribution in [-0.2, 0) is 0 Å². The van der Waals surface area contributed by atoms with E-state index in [1.165, 1.54) is 4.43 Å². The van der Waals surface area contributed by atoms with Crippen molar-refractivity contribution in [2.24, 2.45) is 5.73 Å². The number of alkyl halides is 1. The van der Waals surface area contributed by atoms with E-state index >= 15 is 0 Å². The molecule has 7 heavy (non-hydrogen) atoms. The molecule has 1 atom stereocenters. The fourth-order valence-corrected chi connectivity index (χ4v) is 1.14. The summed E-state index contributed by atoms with van der Waals surface area (Å²) >= 11 is 2.35. The van der Waals surface area contributed by atoms with Crippen molar-refractivity contribution in [3.05, 3.63) is 0 Å². The van der Waals surface area contributed by atoms with Crippen molar-refractivity contribution in [2.75, 3.05) is 4.43 Å². The minimum absolute atomic E-state index is 0.442. The lowest BCUT2D eigenvalue weighted by molar-refractivity contribution is 0.638. The van der Waals surface area contributed by atoms with Crippen LogP contribution in [0.4, 0.5) is 0 Å². The molecule has 0 aromatic carbocycles. The van der Waals surface area contributed by atoms with Crippen LogP contribution in [0, 0.1) is 0 Å². The molecule has 0 saturated heterocycles. The average molecular weight is 213 g/mol. The maximum absolute atomic E-state index is 5.58. The minimum atomic E-state index is 0.442. The Morgan fingerprint density at radius 2 is 2.29 bits per heavy atom. The molecule has 0 aliphatic rings. The van der Waals surface area contributed by atoms with Crippen LogP contribution < -0.4 is 5.73 Å². The molecule has 0 radical (unpaired) electrons. The zero-order valence-corrected chi connectivity index (χ0v) is 6.81. The second-order valence-corrected chi connectivity index (χ2v) is 2.72. The summed E-state index contributed by atoms with van der Waals surface area (Å²) in [5, 5.41) is 0. The molecule has 1 unspecified atom stereocenters. The summed E-state index contributed by atoms with van der Waals surface area (Å²) in [7, 11) is 0. The normalized spacial score (nSPS) is 14.1. The van der Waals surface area contributed by atoms with Crippen LogP contribution in [0.15, 0.2) is 0 Å². The highest BCUT2D eigenvalue weighted by molar-refractivity contribution is 14.1. The third-order valence-electron chi connectivity index (χ3n) is 1.00. The highest BCUT2D eigenvalue weighted by Gasteiger charge is 1.93. The molecule has 44 valence electrons. The smallest absolute Gasteiger partial charge is 0.00435 e. The molecule has 0 heterocycles. The molecule has 0 saturated carbocycles. The van der Waals surface area contributed by atoms with Crippen molar-refractivity contribution in [1.29, 1.82) is 0 Å². The van der Waals surface area contributed by atoms with Crippen LogP contribution in [0.1, 0.15) is 19.8 Å². The van der Waals surface area contributed by atoms with Gasteiger partial charge in [0.2, 0.25) is 0 Å². The summed E-state index contributed by atoms with van der Waals surface area (Å²) in [6, 6.07) is 0.442. The van der Waals surface area contributed by atoms with Gasteiger partial charge in [-0.1, -0.05) is 29.5 Å². The first-order valence-electron chi connectivity index (χ1n) is 2.62. The average Bonchev–Trinajstić information content (AvgIpc) is 1.68. The third-order valence-corrected chi connectivity index (χ3v) is 1.63. The van der Waals surface area contributed by atoms with Gasteiger partial charge in [-0.3, -0.25) is 0 Å². The maximum atomic E-state index is 5.58. The molecule has 0 spiro atoms. The van der Waals surface area contributed by atoms with Gasteiger partial charge < -0.3 is 5.73 Å². The largest absolute Gasteiger partial charge is 0.328 e. The Morgan fingerprint density at radius 3 is 2.43 bits per heavy atom. The van der Waals surface area contributed by atoms with Crippen LogP contribution in [0.2, 0.25) is 0 Å². The predicted molar refractivity (Wildman–Crippen MR) is 41.8 cm³/mol. The SMILES string of the molecule is CCC(N)CCI. The second-order valence-electron chi connectivity index (χ2n) is 1.65. The third kappa shape index (κ3) is 4.55. The Balaban J connectivity index is 2.83. The molecule has 2 heteroatoms. The lowest BCUT2D eigenvalue weighted by Gasteiger charge is -2.02. The lowest BCUT2D eigenvalue weighted by Crippen LogP contribution is -2.18. The monoisotopic (exact) mass is 213 g/mol. The predicted octanol–water partition coefficient (Wildman–Crippen LogP) is 1.55. The minimum Gasteiger partial charge on any atom is -0.328 e. The van der Waals surface area contributed by atoms with E-state index in [1.54, 1.807) is 0 Å². The van der Waals surface area contributed by atoms with Crippen molar-refractivity contribution in [3.63, 3.8) is 0 Å². The fraction of sp³-hybridized carbons (Fsp3) is 1.00. The number of hydrogen-bond donors (Lipinski definition) is 1. The van der Waals surface area contributed by atoms with E-state index < -0.39 is 0 Å². The first-order valence-corrected chi connectivity index (χ1v) is 4.15. The summed E-state index contributed by atoms with van der Waals surface area (Å²) in [6.07, 6.45) is 2.28. The molecule has 2 N–H and O–H groups in total. The molecule has 0 rings (SSSR count). The molecule has 0 aliphatic heterocycles. The Hall–Kier alpha value is 0.690. The molecule has 0 amide bonds. The first kappa shape index (κ1) is 7.69. The van der Waals surface area contributed by atoms with Gasteiger partial charge in [0.15, 0.2) is 0 Å². The summed E-state index contributed by atoms with van der Waals surface area (Å²) in [6.45, 7) is 2.12. The van der Waals surface area contributed by atoms with Gasteiger partial charge in [0.05, 0.1) is 0 Å². The molecule has 0 fully saturated rings. The highest BCUT2D eigenvalue weighted by atomic mass is 127. The van der Waals surface area contributed by atoms with Gasteiger partial charge in [0.1, 0.15) is 0 Å². The summed E-state index contributed by atoms with van der Waals surface area (Å²) in [5.41, 5.74) is 5.58. The zero-order chi connectivity index (χ0) is 5.70. The second kappa shape index (κ2) is 4.84. The standard InChI is InChI=1S/C5H12IN/c1-2-5(7)3-4-6/h5H,2-4,7H2,1H3. The van der Waals surface area contributed by atoms with Crippen LogP contribution in [0.25, 0.3) is 0 Å². The molecule has 0 aromatic rings. The van der Waals surface area contributed by atoms with Gasteiger partial charge in [-0.15, -0.1) is 0 Å². The quantitative estimate of drug-likeness (QED) is 0.558. The molecule has 0 aromatic heterocycles. The van der Waals surface area contributed by atoms with Crippen LogP contribution in [-0.4, -0.2) is 10.5 Å². The van der Waals surface area contributed by atoms with Crippen molar-refractivity contribution in [1.82, 2.24) is 0 Å². The van der Waals surface area contributed by atoms with Crippen molar-refractivity contribution in [3.8, 4) is 0 Å². The Labute approximate surface area is 58.8 Å². The van der Waals surface area contributed by atoms with E-state index in [0.29, 0.717) is 6.04 Å². The van der Waals surface area contributed by atoms with E-state index in [0.717, 1.165) is 12.8 Å². The van der Waals surface area contributed by atoms with Gasteiger partial charge in [-0.25, -0.2) is 0 Å². The summed E-state index contributed by atoms with van der Waals surface area (Å²) < 4.78 is 1.19. The van der Waals surface area contributed by atoms with Gasteiger partial charge in [0, 0.05) is 10.5 Å². The van der Waals surface area contributed by atoms with Crippen molar-refractivity contribution < 1.29 is 0 Å².